The smallest absolute Gasteiger partial charge is 0.246 e. The average molecular weight is 435 g/mol. The molecule has 1 fully saturated rings. The monoisotopic (exact) mass is 434 g/mol. The second-order valence-electron chi connectivity index (χ2n) is 7.70. The first-order valence-electron chi connectivity index (χ1n) is 10.5. The molecule has 1 aliphatic rings. The fourth-order valence-corrected chi connectivity index (χ4v) is 4.55. The van der Waals surface area contributed by atoms with Crippen molar-refractivity contribution >= 4 is 29.2 Å². The lowest BCUT2D eigenvalue weighted by atomic mass is 9.95. The van der Waals surface area contributed by atoms with Gasteiger partial charge in [0, 0.05) is 30.0 Å². The van der Waals surface area contributed by atoms with Gasteiger partial charge in [-0.25, -0.2) is 0 Å². The molecule has 0 saturated carbocycles. The fraction of sp³-hybridized carbons (Fsp3) is 0.280. The van der Waals surface area contributed by atoms with E-state index in [0.717, 1.165) is 16.2 Å². The van der Waals surface area contributed by atoms with Gasteiger partial charge in [0.05, 0.1) is 19.4 Å². The molecular formula is C25H26N2O3S. The van der Waals surface area contributed by atoms with Crippen molar-refractivity contribution in [3.8, 4) is 0 Å². The summed E-state index contributed by atoms with van der Waals surface area (Å²) in [6.45, 7) is 2.24. The maximum Gasteiger partial charge on any atom is 0.246 e. The summed E-state index contributed by atoms with van der Waals surface area (Å²) in [5, 5.41) is 2.03. The van der Waals surface area contributed by atoms with E-state index >= 15 is 0 Å². The van der Waals surface area contributed by atoms with E-state index in [2.05, 4.69) is 0 Å². The Balaban J connectivity index is 1.35. The second kappa shape index (κ2) is 10.3. The van der Waals surface area contributed by atoms with E-state index in [-0.39, 0.29) is 17.7 Å². The van der Waals surface area contributed by atoms with Crippen LogP contribution in [0.4, 0.5) is 0 Å². The molecule has 0 spiro atoms. The van der Waals surface area contributed by atoms with Gasteiger partial charge in [0.2, 0.25) is 11.8 Å². The lowest BCUT2D eigenvalue weighted by Crippen LogP contribution is -2.43. The number of likely N-dealkylation sites (tertiary alicyclic amines) is 1. The van der Waals surface area contributed by atoms with Crippen molar-refractivity contribution in [2.75, 3.05) is 13.1 Å². The van der Waals surface area contributed by atoms with Gasteiger partial charge >= 0.3 is 0 Å². The molecule has 0 N–H and O–H groups in total. The van der Waals surface area contributed by atoms with Crippen LogP contribution in [0, 0.1) is 5.92 Å². The molecule has 2 amide bonds. The molecule has 5 nitrogen and oxygen atoms in total. The zero-order valence-corrected chi connectivity index (χ0v) is 18.2. The molecule has 0 unspecified atom stereocenters. The van der Waals surface area contributed by atoms with E-state index in [1.165, 1.54) is 0 Å². The molecular weight excluding hydrogens is 408 g/mol. The van der Waals surface area contributed by atoms with Crippen LogP contribution in [0.2, 0.25) is 0 Å². The Labute approximate surface area is 186 Å². The number of hydrogen-bond donors (Lipinski definition) is 0. The number of nitrogens with zero attached hydrogens (tertiary/aromatic N) is 2. The molecule has 1 aromatic carbocycles. The number of rotatable bonds is 7. The first-order chi connectivity index (χ1) is 15.2. The van der Waals surface area contributed by atoms with Crippen LogP contribution in [0.5, 0.6) is 0 Å². The molecule has 160 valence electrons. The largest absolute Gasteiger partial charge is 0.467 e. The highest BCUT2D eigenvalue weighted by Crippen LogP contribution is 2.24. The summed E-state index contributed by atoms with van der Waals surface area (Å²) in [6, 6.07) is 17.6. The zero-order chi connectivity index (χ0) is 21.5. The first-order valence-corrected chi connectivity index (χ1v) is 11.4. The Morgan fingerprint density at radius 1 is 1.03 bits per heavy atom. The summed E-state index contributed by atoms with van der Waals surface area (Å²) in [5.74, 6) is 0.846. The molecule has 0 radical (unpaired) electrons. The van der Waals surface area contributed by atoms with Crippen molar-refractivity contribution in [3.05, 3.63) is 88.5 Å². The Bertz CT molecular complexity index is 953. The third kappa shape index (κ3) is 5.73. The van der Waals surface area contributed by atoms with Crippen molar-refractivity contribution in [3.63, 3.8) is 0 Å². The first kappa shape index (κ1) is 21.1. The van der Waals surface area contributed by atoms with Crippen molar-refractivity contribution < 1.29 is 14.0 Å². The Morgan fingerprint density at radius 2 is 1.84 bits per heavy atom. The van der Waals surface area contributed by atoms with E-state index < -0.39 is 0 Å². The number of carbonyl (C=O) groups is 2. The van der Waals surface area contributed by atoms with Gasteiger partial charge < -0.3 is 14.2 Å². The van der Waals surface area contributed by atoms with Gasteiger partial charge in [0.15, 0.2) is 0 Å². The number of piperidine rings is 1. The average Bonchev–Trinajstić information content (AvgIpc) is 3.52. The van der Waals surface area contributed by atoms with Gasteiger partial charge in [0.1, 0.15) is 5.76 Å². The fourth-order valence-electron chi connectivity index (χ4n) is 3.84. The predicted octanol–water partition coefficient (Wildman–Crippen LogP) is 4.82. The van der Waals surface area contributed by atoms with Gasteiger partial charge in [-0.3, -0.25) is 9.59 Å². The van der Waals surface area contributed by atoms with Crippen molar-refractivity contribution in [1.29, 1.82) is 0 Å². The highest BCUT2D eigenvalue weighted by molar-refractivity contribution is 7.09. The number of hydrogen-bond acceptors (Lipinski definition) is 4. The van der Waals surface area contributed by atoms with E-state index in [1.54, 1.807) is 23.7 Å². The highest BCUT2D eigenvalue weighted by atomic mass is 32.1. The SMILES string of the molecule is O=C(/C=C/c1ccccc1)N1CCC(C(=O)N(Cc2ccco2)Cc2cccs2)CC1. The summed E-state index contributed by atoms with van der Waals surface area (Å²) in [7, 11) is 0. The van der Waals surface area contributed by atoms with Crippen LogP contribution in [-0.4, -0.2) is 34.7 Å². The lowest BCUT2D eigenvalue weighted by molar-refractivity contribution is -0.140. The van der Waals surface area contributed by atoms with Crippen molar-refractivity contribution in [2.24, 2.45) is 5.92 Å². The van der Waals surface area contributed by atoms with Crippen LogP contribution in [0.1, 0.15) is 29.0 Å². The second-order valence-corrected chi connectivity index (χ2v) is 8.73. The third-order valence-corrected chi connectivity index (χ3v) is 6.40. The molecule has 0 bridgehead atoms. The summed E-state index contributed by atoms with van der Waals surface area (Å²) in [6.07, 6.45) is 6.46. The Hall–Kier alpha value is -3.12. The number of amides is 2. The molecule has 31 heavy (non-hydrogen) atoms. The van der Waals surface area contributed by atoms with Gasteiger partial charge in [-0.1, -0.05) is 36.4 Å². The molecule has 3 heterocycles. The Kier molecular flexibility index (Phi) is 6.99. The van der Waals surface area contributed by atoms with Gasteiger partial charge in [0.25, 0.3) is 0 Å². The number of carbonyl (C=O) groups excluding carboxylic acids is 2. The quantitative estimate of drug-likeness (QED) is 0.501. The molecule has 1 saturated heterocycles. The molecule has 2 aromatic heterocycles. The van der Waals surface area contributed by atoms with E-state index in [4.69, 9.17) is 4.42 Å². The summed E-state index contributed by atoms with van der Waals surface area (Å²) < 4.78 is 5.48. The number of thiophene rings is 1. The number of furan rings is 1. The molecule has 1 aliphatic heterocycles. The predicted molar refractivity (Wildman–Crippen MR) is 122 cm³/mol. The standard InChI is InChI=1S/C25H26N2O3S/c28-24(11-10-20-6-2-1-3-7-20)26-14-12-21(13-15-26)25(29)27(18-22-8-4-16-30-22)19-23-9-5-17-31-23/h1-11,16-17,21H,12-15,18-19H2/b11-10+. The summed E-state index contributed by atoms with van der Waals surface area (Å²) in [4.78, 5) is 30.7. The number of benzene rings is 1. The van der Waals surface area contributed by atoms with Gasteiger partial charge in [-0.05, 0) is 48.1 Å². The van der Waals surface area contributed by atoms with Crippen molar-refractivity contribution in [1.82, 2.24) is 9.80 Å². The van der Waals surface area contributed by atoms with Crippen LogP contribution in [0.25, 0.3) is 6.08 Å². The topological polar surface area (TPSA) is 53.8 Å². The molecule has 3 aromatic rings. The van der Waals surface area contributed by atoms with E-state index in [9.17, 15) is 9.59 Å². The van der Waals surface area contributed by atoms with Crippen LogP contribution in [0.3, 0.4) is 0 Å². The van der Waals surface area contributed by atoms with Gasteiger partial charge in [-0.2, -0.15) is 0 Å². The normalized spacial score (nSPS) is 14.8. The molecule has 4 rings (SSSR count). The molecule has 0 atom stereocenters. The third-order valence-electron chi connectivity index (χ3n) is 5.54. The van der Waals surface area contributed by atoms with Crippen LogP contribution in [0.15, 0.2) is 76.7 Å². The van der Waals surface area contributed by atoms with Gasteiger partial charge in [-0.15, -0.1) is 11.3 Å². The van der Waals surface area contributed by atoms with E-state index in [1.807, 2.05) is 75.9 Å². The highest BCUT2D eigenvalue weighted by Gasteiger charge is 2.30. The van der Waals surface area contributed by atoms with E-state index in [0.29, 0.717) is 39.0 Å². The molecule has 0 aliphatic carbocycles. The van der Waals surface area contributed by atoms with Crippen LogP contribution in [-0.2, 0) is 22.7 Å². The Morgan fingerprint density at radius 3 is 2.52 bits per heavy atom. The zero-order valence-electron chi connectivity index (χ0n) is 17.4. The maximum atomic E-state index is 13.3. The molecule has 6 heteroatoms. The minimum Gasteiger partial charge on any atom is -0.467 e. The lowest BCUT2D eigenvalue weighted by Gasteiger charge is -2.33. The summed E-state index contributed by atoms with van der Waals surface area (Å²) >= 11 is 1.65. The minimum atomic E-state index is -0.0722. The summed E-state index contributed by atoms with van der Waals surface area (Å²) in [5.41, 5.74) is 1.00. The van der Waals surface area contributed by atoms with Crippen molar-refractivity contribution in [2.45, 2.75) is 25.9 Å². The maximum absolute atomic E-state index is 13.3. The minimum absolute atomic E-state index is 0.000722. The van der Waals surface area contributed by atoms with Crippen LogP contribution >= 0.6 is 11.3 Å². The van der Waals surface area contributed by atoms with Crippen LogP contribution < -0.4 is 0 Å².